The van der Waals surface area contributed by atoms with E-state index in [9.17, 15) is 14.4 Å². The van der Waals surface area contributed by atoms with Crippen LogP contribution < -0.4 is 5.73 Å². The van der Waals surface area contributed by atoms with Crippen LogP contribution in [0.4, 0.5) is 4.79 Å². The van der Waals surface area contributed by atoms with E-state index in [0.29, 0.717) is 12.1 Å². The lowest BCUT2D eigenvalue weighted by Gasteiger charge is -2.41. The van der Waals surface area contributed by atoms with Gasteiger partial charge in [0.25, 0.3) is 0 Å². The number of carbonyl (C=O) groups excluding carboxylic acids is 3. The number of allylic oxidation sites excluding steroid dienone is 1. The zero-order valence-electron chi connectivity index (χ0n) is 14.1. The van der Waals surface area contributed by atoms with Crippen molar-refractivity contribution < 1.29 is 28.6 Å². The highest BCUT2D eigenvalue weighted by Gasteiger charge is 2.95. The Bertz CT molecular complexity index is 780. The van der Waals surface area contributed by atoms with Gasteiger partial charge in [-0.25, -0.2) is 9.69 Å². The lowest BCUT2D eigenvalue weighted by Crippen LogP contribution is -2.61. The maximum atomic E-state index is 13.4. The summed E-state index contributed by atoms with van der Waals surface area (Å²) in [5, 5.41) is 0. The third-order valence-corrected chi connectivity index (χ3v) is 6.78. The average molecular weight is 349 g/mol. The Hall–Kier alpha value is -1.97. The van der Waals surface area contributed by atoms with Gasteiger partial charge in [-0.3, -0.25) is 14.5 Å². The summed E-state index contributed by atoms with van der Waals surface area (Å²) in [4.78, 5) is 41.8. The first-order valence-electron chi connectivity index (χ1n) is 8.26. The number of Topliss-reactive ketones (excluding diaryl/α,β-unsaturated/α-hetero) is 2. The van der Waals surface area contributed by atoms with Crippen LogP contribution >= 0.6 is 0 Å². The number of piperidine rings is 1. The maximum Gasteiger partial charge on any atom is 0.404 e. The van der Waals surface area contributed by atoms with Crippen LogP contribution in [0.15, 0.2) is 11.3 Å². The second-order valence-corrected chi connectivity index (χ2v) is 7.28. The third-order valence-electron chi connectivity index (χ3n) is 6.78. The SMILES string of the molecule is COC1=C(C)C(=O)[C@@]23[C@H](C1=O)[C@@H](COC(N)=O)[C@]1(OC)[C@@H]4[C@@H](CN12)N43. The average Bonchev–Trinajstić information content (AvgIpc) is 2.88. The summed E-state index contributed by atoms with van der Waals surface area (Å²) >= 11 is 0. The van der Waals surface area contributed by atoms with Gasteiger partial charge in [-0.1, -0.05) is 0 Å². The molecule has 5 aliphatic heterocycles. The molecule has 1 spiro atoms. The Morgan fingerprint density at radius 3 is 2.64 bits per heavy atom. The summed E-state index contributed by atoms with van der Waals surface area (Å²) in [6, 6.07) is 0.221. The van der Waals surface area contributed by atoms with Crippen LogP contribution in [-0.2, 0) is 23.8 Å². The van der Waals surface area contributed by atoms with Gasteiger partial charge in [0, 0.05) is 25.3 Å². The van der Waals surface area contributed by atoms with Crippen molar-refractivity contribution in [3.05, 3.63) is 11.3 Å². The number of amides is 1. The fraction of sp³-hybridized carbons (Fsp3) is 0.688. The van der Waals surface area contributed by atoms with Crippen LogP contribution in [0.2, 0.25) is 0 Å². The number of primary amides is 1. The highest BCUT2D eigenvalue weighted by molar-refractivity contribution is 6.18. The van der Waals surface area contributed by atoms with Crippen LogP contribution in [0, 0.1) is 11.8 Å². The Morgan fingerprint density at radius 2 is 2.08 bits per heavy atom. The molecule has 5 saturated heterocycles. The van der Waals surface area contributed by atoms with E-state index in [2.05, 4.69) is 4.90 Å². The monoisotopic (exact) mass is 349 g/mol. The van der Waals surface area contributed by atoms with Crippen molar-refractivity contribution in [3.63, 3.8) is 0 Å². The summed E-state index contributed by atoms with van der Waals surface area (Å²) in [6.45, 7) is 2.22. The van der Waals surface area contributed by atoms with Gasteiger partial charge in [-0.2, -0.15) is 0 Å². The van der Waals surface area contributed by atoms with Crippen molar-refractivity contribution >= 4 is 17.7 Å². The predicted molar refractivity (Wildman–Crippen MR) is 80.8 cm³/mol. The van der Waals surface area contributed by atoms with Crippen molar-refractivity contribution in [1.82, 2.24) is 9.80 Å². The molecule has 6 bridgehead atoms. The molecular formula is C16H19N3O6. The molecule has 5 heterocycles. The van der Waals surface area contributed by atoms with Gasteiger partial charge in [-0.05, 0) is 6.92 Å². The molecule has 2 unspecified atom stereocenters. The Morgan fingerprint density at radius 1 is 1.36 bits per heavy atom. The number of nitrogens with two attached hydrogens (primary N) is 1. The zero-order chi connectivity index (χ0) is 17.9. The van der Waals surface area contributed by atoms with E-state index in [0.717, 1.165) is 0 Å². The highest BCUT2D eigenvalue weighted by Crippen LogP contribution is 2.75. The van der Waals surface area contributed by atoms with E-state index in [1.165, 1.54) is 7.11 Å². The number of nitrogens with zero attached hydrogens (tertiary/aromatic N) is 2. The van der Waals surface area contributed by atoms with Gasteiger partial charge in [0.05, 0.1) is 25.0 Å². The molecule has 0 aromatic carbocycles. The molecule has 0 aromatic rings. The van der Waals surface area contributed by atoms with E-state index in [4.69, 9.17) is 19.9 Å². The van der Waals surface area contributed by atoms with E-state index in [1.807, 2.05) is 4.90 Å². The molecule has 6 aliphatic rings. The lowest BCUT2D eigenvalue weighted by atomic mass is 9.70. The fourth-order valence-electron chi connectivity index (χ4n) is 6.18. The Kier molecular flexibility index (Phi) is 2.58. The van der Waals surface area contributed by atoms with Gasteiger partial charge >= 0.3 is 6.09 Å². The smallest absolute Gasteiger partial charge is 0.404 e. The second-order valence-electron chi connectivity index (χ2n) is 7.28. The number of carbonyl (C=O) groups is 3. The minimum Gasteiger partial charge on any atom is -0.493 e. The van der Waals surface area contributed by atoms with E-state index >= 15 is 0 Å². The van der Waals surface area contributed by atoms with Crippen molar-refractivity contribution in [3.8, 4) is 0 Å². The van der Waals surface area contributed by atoms with Crippen LogP contribution in [0.1, 0.15) is 6.92 Å². The van der Waals surface area contributed by atoms with Crippen LogP contribution in [-0.4, -0.2) is 78.3 Å². The van der Waals surface area contributed by atoms with E-state index in [1.54, 1.807) is 14.0 Å². The number of hydrogen-bond donors (Lipinski definition) is 1. The molecular weight excluding hydrogens is 330 g/mol. The van der Waals surface area contributed by atoms with Gasteiger partial charge < -0.3 is 19.9 Å². The number of ether oxygens (including phenoxy) is 3. The molecule has 0 saturated carbocycles. The molecule has 0 radical (unpaired) electrons. The molecule has 134 valence electrons. The van der Waals surface area contributed by atoms with E-state index in [-0.39, 0.29) is 36.0 Å². The second kappa shape index (κ2) is 4.22. The summed E-state index contributed by atoms with van der Waals surface area (Å²) in [5.41, 5.74) is 3.61. The topological polar surface area (TPSA) is 111 Å². The number of piperazine rings is 1. The fourth-order valence-corrected chi connectivity index (χ4v) is 6.18. The van der Waals surface area contributed by atoms with Crippen LogP contribution in [0.25, 0.3) is 0 Å². The first-order valence-corrected chi connectivity index (χ1v) is 8.26. The normalized spacial score (nSPS) is 51.0. The lowest BCUT2D eigenvalue weighted by molar-refractivity contribution is -0.143. The first kappa shape index (κ1) is 15.3. The molecule has 1 amide bonds. The third kappa shape index (κ3) is 1.25. The minimum absolute atomic E-state index is 0.0314. The highest BCUT2D eigenvalue weighted by atomic mass is 16.6. The number of methoxy groups -OCH3 is 2. The molecule has 25 heavy (non-hydrogen) atoms. The molecule has 9 heteroatoms. The maximum absolute atomic E-state index is 13.4. The molecule has 9 nitrogen and oxygen atoms in total. The van der Waals surface area contributed by atoms with Crippen LogP contribution in [0.3, 0.4) is 0 Å². The quantitative estimate of drug-likeness (QED) is 0.632. The molecule has 6 rings (SSSR count). The molecule has 8 atom stereocenters. The van der Waals surface area contributed by atoms with Crippen molar-refractivity contribution in [2.45, 2.75) is 30.4 Å². The van der Waals surface area contributed by atoms with Gasteiger partial charge in [0.2, 0.25) is 5.78 Å². The number of rotatable bonds is 4. The molecule has 2 N–H and O–H groups in total. The van der Waals surface area contributed by atoms with Gasteiger partial charge in [-0.15, -0.1) is 0 Å². The number of hydrogen-bond acceptors (Lipinski definition) is 8. The van der Waals surface area contributed by atoms with Crippen molar-refractivity contribution in [1.29, 1.82) is 0 Å². The largest absolute Gasteiger partial charge is 0.493 e. The summed E-state index contributed by atoms with van der Waals surface area (Å²) < 4.78 is 16.2. The van der Waals surface area contributed by atoms with Gasteiger partial charge in [0.15, 0.2) is 17.2 Å². The van der Waals surface area contributed by atoms with Crippen LogP contribution in [0.5, 0.6) is 0 Å². The van der Waals surface area contributed by atoms with Crippen molar-refractivity contribution in [2.24, 2.45) is 17.6 Å². The van der Waals surface area contributed by atoms with Gasteiger partial charge in [0.1, 0.15) is 12.3 Å². The Labute approximate surface area is 143 Å². The predicted octanol–water partition coefficient (Wildman–Crippen LogP) is -1.18. The van der Waals surface area contributed by atoms with E-state index < -0.39 is 29.3 Å². The minimum atomic E-state index is -1.04. The number of ketones is 2. The standard InChI is InChI=1S/C16H19N3O6/c1-6-11(23-2)10(20)9-7(5-25-14(17)22)16(24-3)12-8-4-18(16)15(9,13(6)21)19(8)12/h7-9,12H,4-5H2,1-3H3,(H2,17,22)/t7-,8-,9+,12+,15+,16+,19?/m1/s1. The summed E-state index contributed by atoms with van der Waals surface area (Å²) in [6.07, 6.45) is -0.911. The first-order chi connectivity index (χ1) is 11.9. The Balaban J connectivity index is 1.70. The summed E-state index contributed by atoms with van der Waals surface area (Å²) in [7, 11) is 2.96. The molecule has 0 aromatic heterocycles. The molecule has 1 aliphatic carbocycles. The zero-order valence-corrected chi connectivity index (χ0v) is 14.1. The summed E-state index contributed by atoms with van der Waals surface area (Å²) in [5.74, 6) is -1.47. The van der Waals surface area contributed by atoms with Crippen molar-refractivity contribution in [2.75, 3.05) is 27.4 Å². The molecule has 5 fully saturated rings.